The number of benzene rings is 6. The molecule has 3 heteroatoms. The number of fused-ring (bicyclic) bond motifs is 3. The molecule has 0 atom stereocenters. The molecule has 0 saturated heterocycles. The molecule has 0 amide bonds. The fourth-order valence-electron chi connectivity index (χ4n) is 7.60. The molecule has 2 aromatic heterocycles. The average Bonchev–Trinajstić information content (AvgIpc) is 3.58. The van der Waals surface area contributed by atoms with Crippen LogP contribution in [0, 0.1) is 0 Å². The minimum atomic E-state index is 0.664. The molecule has 2 nitrogen and oxygen atoms in total. The average molecular weight is 649 g/mol. The maximum absolute atomic E-state index is 5.22. The van der Waals surface area contributed by atoms with Crippen LogP contribution in [-0.2, 0) is 0 Å². The van der Waals surface area contributed by atoms with Crippen LogP contribution in [0.5, 0.6) is 0 Å². The van der Waals surface area contributed by atoms with Gasteiger partial charge in [0.1, 0.15) is 0 Å². The van der Waals surface area contributed by atoms with Crippen molar-refractivity contribution in [2.24, 2.45) is 0 Å². The number of rotatable bonds is 6. The molecule has 0 N–H and O–H groups in total. The van der Waals surface area contributed by atoms with Crippen molar-refractivity contribution in [3.63, 3.8) is 0 Å². The minimum absolute atomic E-state index is 0.664. The Kier molecular flexibility index (Phi) is 7.83. The smallest absolute Gasteiger partial charge is 0.160 e. The largest absolute Gasteiger partial charge is 0.228 e. The van der Waals surface area contributed by atoms with E-state index < -0.39 is 0 Å². The number of thiophene rings is 1. The van der Waals surface area contributed by atoms with Gasteiger partial charge in [0.2, 0.25) is 0 Å². The lowest BCUT2D eigenvalue weighted by Gasteiger charge is -2.22. The summed E-state index contributed by atoms with van der Waals surface area (Å²) in [6, 6.07) is 54.4. The Morgan fingerprint density at radius 3 is 1.71 bits per heavy atom. The topological polar surface area (TPSA) is 25.8 Å². The number of hydrogen-bond acceptors (Lipinski definition) is 3. The first-order valence-electron chi connectivity index (χ1n) is 17.4. The highest BCUT2D eigenvalue weighted by Crippen LogP contribution is 2.46. The maximum Gasteiger partial charge on any atom is 0.160 e. The van der Waals surface area contributed by atoms with Crippen molar-refractivity contribution in [3.8, 4) is 56.2 Å². The monoisotopic (exact) mass is 648 g/mol. The fraction of sp³-hybridized carbons (Fsp3) is 0.130. The van der Waals surface area contributed by atoms with Gasteiger partial charge < -0.3 is 0 Å². The van der Waals surface area contributed by atoms with Gasteiger partial charge in [-0.15, -0.1) is 11.3 Å². The Morgan fingerprint density at radius 2 is 1.00 bits per heavy atom. The van der Waals surface area contributed by atoms with Crippen LogP contribution in [-0.4, -0.2) is 9.97 Å². The second-order valence-corrected chi connectivity index (χ2v) is 14.2. The fourth-order valence-corrected chi connectivity index (χ4v) is 9.03. The number of hydrogen-bond donors (Lipinski definition) is 0. The van der Waals surface area contributed by atoms with Gasteiger partial charge >= 0.3 is 0 Å². The summed E-state index contributed by atoms with van der Waals surface area (Å²) in [4.78, 5) is 10.3. The van der Waals surface area contributed by atoms with Crippen LogP contribution < -0.4 is 0 Å². The lowest BCUT2D eigenvalue weighted by Crippen LogP contribution is -2.04. The van der Waals surface area contributed by atoms with E-state index in [-0.39, 0.29) is 0 Å². The van der Waals surface area contributed by atoms with E-state index in [0.717, 1.165) is 33.9 Å². The van der Waals surface area contributed by atoms with Gasteiger partial charge in [0.25, 0.3) is 0 Å². The molecule has 2 heterocycles. The Bertz CT molecular complexity index is 2350. The van der Waals surface area contributed by atoms with Crippen molar-refractivity contribution in [2.45, 2.75) is 38.0 Å². The van der Waals surface area contributed by atoms with Gasteiger partial charge in [-0.2, -0.15) is 0 Å². The molecule has 0 radical (unpaired) electrons. The van der Waals surface area contributed by atoms with Gasteiger partial charge in [0.15, 0.2) is 5.82 Å². The summed E-state index contributed by atoms with van der Waals surface area (Å²) in [6.07, 6.45) is 6.66. The lowest BCUT2D eigenvalue weighted by molar-refractivity contribution is 0.446. The first-order valence-corrected chi connectivity index (χ1v) is 18.3. The summed E-state index contributed by atoms with van der Waals surface area (Å²) in [6.45, 7) is 0. The van der Waals surface area contributed by atoms with Crippen molar-refractivity contribution in [2.75, 3.05) is 0 Å². The Hall–Kier alpha value is -5.38. The Morgan fingerprint density at radius 1 is 0.429 bits per heavy atom. The highest BCUT2D eigenvalue weighted by molar-refractivity contribution is 7.26. The normalized spacial score (nSPS) is 13.6. The standard InChI is InChI=1S/C46H36N2S/c1-5-15-31(16-6-1)35-27-36(39-24-14-26-41-40-25-13-23-38(44(40)49-45(39)41)32-17-7-2-8-18-32)29-37(28-35)43-30-42(33-19-9-3-10-20-33)47-46(48-43)34-21-11-4-12-22-34/h1,3-6,9-16,19-30,32H,2,7-8,17-18H2. The molecule has 1 aliphatic carbocycles. The summed E-state index contributed by atoms with van der Waals surface area (Å²) in [7, 11) is 0. The van der Waals surface area contributed by atoms with Gasteiger partial charge in [0.05, 0.1) is 11.4 Å². The zero-order valence-corrected chi connectivity index (χ0v) is 28.2. The van der Waals surface area contributed by atoms with Crippen LogP contribution >= 0.6 is 11.3 Å². The van der Waals surface area contributed by atoms with Crippen LogP contribution in [0.15, 0.2) is 152 Å². The van der Waals surface area contributed by atoms with E-state index in [0.29, 0.717) is 5.92 Å². The third-order valence-corrected chi connectivity index (χ3v) is 11.4. The van der Waals surface area contributed by atoms with E-state index in [2.05, 4.69) is 127 Å². The molecule has 236 valence electrons. The molecule has 9 rings (SSSR count). The zero-order chi connectivity index (χ0) is 32.6. The summed E-state index contributed by atoms with van der Waals surface area (Å²) in [5.41, 5.74) is 11.4. The van der Waals surface area contributed by atoms with E-state index >= 15 is 0 Å². The van der Waals surface area contributed by atoms with Crippen LogP contribution in [0.3, 0.4) is 0 Å². The molecule has 6 aromatic carbocycles. The molecular formula is C46H36N2S. The molecule has 1 saturated carbocycles. The van der Waals surface area contributed by atoms with Crippen LogP contribution in [0.4, 0.5) is 0 Å². The summed E-state index contributed by atoms with van der Waals surface area (Å²) >= 11 is 1.98. The lowest BCUT2D eigenvalue weighted by atomic mass is 9.83. The van der Waals surface area contributed by atoms with Crippen molar-refractivity contribution >= 4 is 31.5 Å². The number of nitrogens with zero attached hydrogens (tertiary/aromatic N) is 2. The van der Waals surface area contributed by atoms with E-state index in [9.17, 15) is 0 Å². The molecule has 0 aliphatic heterocycles. The van der Waals surface area contributed by atoms with Gasteiger partial charge in [0, 0.05) is 36.9 Å². The zero-order valence-electron chi connectivity index (χ0n) is 27.3. The molecule has 0 spiro atoms. The predicted octanol–water partition coefficient (Wildman–Crippen LogP) is 13.2. The SMILES string of the molecule is c1ccc(-c2cc(-c3cc(-c4ccccc4)nc(-c4ccccc4)n3)cc(-c3cccc4c3sc3c(C5CCCCC5)cccc34)c2)cc1. The van der Waals surface area contributed by atoms with E-state index in [1.165, 1.54) is 74.5 Å². The van der Waals surface area contributed by atoms with Crippen molar-refractivity contribution in [1.29, 1.82) is 0 Å². The quantitative estimate of drug-likeness (QED) is 0.179. The Labute approximate surface area is 291 Å². The molecule has 0 unspecified atom stereocenters. The first kappa shape index (κ1) is 29.7. The molecular weight excluding hydrogens is 613 g/mol. The highest BCUT2D eigenvalue weighted by atomic mass is 32.1. The van der Waals surface area contributed by atoms with Crippen LogP contribution in [0.2, 0.25) is 0 Å². The van der Waals surface area contributed by atoms with E-state index in [4.69, 9.17) is 9.97 Å². The molecule has 49 heavy (non-hydrogen) atoms. The molecule has 8 aromatic rings. The second kappa shape index (κ2) is 12.9. The van der Waals surface area contributed by atoms with Crippen molar-refractivity contribution in [1.82, 2.24) is 9.97 Å². The first-order chi connectivity index (χ1) is 24.3. The third-order valence-electron chi connectivity index (χ3n) is 10.1. The second-order valence-electron chi connectivity index (χ2n) is 13.2. The van der Waals surface area contributed by atoms with E-state index in [1.807, 2.05) is 35.6 Å². The Balaban J connectivity index is 1.26. The van der Waals surface area contributed by atoms with Gasteiger partial charge in [-0.25, -0.2) is 9.97 Å². The summed E-state index contributed by atoms with van der Waals surface area (Å²) < 4.78 is 2.82. The van der Waals surface area contributed by atoms with Gasteiger partial charge in [-0.3, -0.25) is 0 Å². The number of aromatic nitrogens is 2. The highest BCUT2D eigenvalue weighted by Gasteiger charge is 2.21. The predicted molar refractivity (Wildman–Crippen MR) is 208 cm³/mol. The van der Waals surface area contributed by atoms with Gasteiger partial charge in [-0.1, -0.05) is 147 Å². The summed E-state index contributed by atoms with van der Waals surface area (Å²) in [5.74, 6) is 1.39. The van der Waals surface area contributed by atoms with E-state index in [1.54, 1.807) is 5.56 Å². The van der Waals surface area contributed by atoms with Crippen molar-refractivity contribution in [3.05, 3.63) is 157 Å². The minimum Gasteiger partial charge on any atom is -0.228 e. The third kappa shape index (κ3) is 5.75. The maximum atomic E-state index is 5.22. The van der Waals surface area contributed by atoms with Crippen molar-refractivity contribution < 1.29 is 0 Å². The van der Waals surface area contributed by atoms with Crippen LogP contribution in [0.1, 0.15) is 43.6 Å². The van der Waals surface area contributed by atoms with Gasteiger partial charge in [-0.05, 0) is 70.8 Å². The molecule has 0 bridgehead atoms. The molecule has 1 fully saturated rings. The van der Waals surface area contributed by atoms with Crippen LogP contribution in [0.25, 0.3) is 76.3 Å². The summed E-state index contributed by atoms with van der Waals surface area (Å²) in [5, 5.41) is 2.74. The molecule has 1 aliphatic rings.